The van der Waals surface area contributed by atoms with Gasteiger partial charge in [-0.2, -0.15) is 0 Å². The van der Waals surface area contributed by atoms with Crippen molar-refractivity contribution in [2.75, 3.05) is 18.0 Å². The Morgan fingerprint density at radius 1 is 0.950 bits per heavy atom. The van der Waals surface area contributed by atoms with Crippen LogP contribution in [0.3, 0.4) is 0 Å². The Morgan fingerprint density at radius 2 is 1.57 bits per heavy atom. The molecule has 3 aromatic rings. The van der Waals surface area contributed by atoms with Gasteiger partial charge in [-0.25, -0.2) is 8.42 Å². The van der Waals surface area contributed by atoms with E-state index in [1.165, 1.54) is 36.3 Å². The first-order valence-corrected chi connectivity index (χ1v) is 15.0. The largest absolute Gasteiger partial charge is 0.495 e. The van der Waals surface area contributed by atoms with Crippen LogP contribution in [0.25, 0.3) is 0 Å². The number of hydrogen-bond acceptors (Lipinski definition) is 5. The molecule has 0 saturated carbocycles. The summed E-state index contributed by atoms with van der Waals surface area (Å²) in [5, 5.41) is 3.16. The number of methoxy groups -OCH3 is 1. The van der Waals surface area contributed by atoms with Crippen LogP contribution in [0.2, 0.25) is 5.02 Å². The van der Waals surface area contributed by atoms with Crippen LogP contribution in [-0.2, 0) is 26.2 Å². The highest BCUT2D eigenvalue weighted by Crippen LogP contribution is 2.32. The minimum atomic E-state index is -4.18. The summed E-state index contributed by atoms with van der Waals surface area (Å²) in [6.45, 7) is 5.28. The smallest absolute Gasteiger partial charge is 0.264 e. The molecule has 3 rings (SSSR count). The summed E-state index contributed by atoms with van der Waals surface area (Å²) in [7, 11) is -2.72. The van der Waals surface area contributed by atoms with Crippen molar-refractivity contribution < 1.29 is 22.7 Å². The van der Waals surface area contributed by atoms with Gasteiger partial charge in [0.25, 0.3) is 10.0 Å². The summed E-state index contributed by atoms with van der Waals surface area (Å²) in [5.41, 5.74) is 1.01. The van der Waals surface area contributed by atoms with Crippen LogP contribution in [0.1, 0.15) is 39.2 Å². The molecule has 0 aliphatic heterocycles. The Balaban J connectivity index is 2.07. The summed E-state index contributed by atoms with van der Waals surface area (Å²) in [6.07, 6.45) is 1.08. The highest BCUT2D eigenvalue weighted by molar-refractivity contribution is 7.92. The number of ether oxygens (including phenoxy) is 1. The lowest BCUT2D eigenvalue weighted by molar-refractivity contribution is -0.140. The van der Waals surface area contributed by atoms with Crippen molar-refractivity contribution in [3.05, 3.63) is 89.4 Å². The predicted molar refractivity (Wildman–Crippen MR) is 158 cm³/mol. The van der Waals surface area contributed by atoms with Gasteiger partial charge in [-0.05, 0) is 55.7 Å². The fourth-order valence-electron chi connectivity index (χ4n) is 4.20. The van der Waals surface area contributed by atoms with E-state index in [-0.39, 0.29) is 34.1 Å². The summed E-state index contributed by atoms with van der Waals surface area (Å²) in [6, 6.07) is 20.8. The van der Waals surface area contributed by atoms with Crippen LogP contribution in [0.4, 0.5) is 5.69 Å². The zero-order valence-corrected chi connectivity index (χ0v) is 24.8. The molecule has 2 amide bonds. The number of nitrogens with one attached hydrogen (secondary N) is 1. The van der Waals surface area contributed by atoms with Crippen molar-refractivity contribution in [2.24, 2.45) is 0 Å². The molecule has 40 heavy (non-hydrogen) atoms. The monoisotopic (exact) mass is 585 g/mol. The van der Waals surface area contributed by atoms with Crippen LogP contribution in [0.15, 0.2) is 83.8 Å². The standard InChI is InChI=1S/C30H36ClN3O5S/c1-5-22(3)32-30(36)27(6-2)33(20-23-13-9-7-10-14-23)29(35)21-34(24-17-18-28(39-4)26(31)19-24)40(37,38)25-15-11-8-12-16-25/h7-19,22,27H,5-6,20-21H2,1-4H3,(H,32,36)/t22-,27+/m1/s1. The van der Waals surface area contributed by atoms with E-state index in [0.29, 0.717) is 12.2 Å². The third-order valence-corrected chi connectivity index (χ3v) is 8.70. The van der Waals surface area contributed by atoms with Gasteiger partial charge in [-0.15, -0.1) is 0 Å². The SMILES string of the molecule is CC[C@@H](C)NC(=O)[C@H](CC)N(Cc1ccccc1)C(=O)CN(c1ccc(OC)c(Cl)c1)S(=O)(=O)c1ccccc1. The van der Waals surface area contributed by atoms with Crippen molar-refractivity contribution >= 4 is 39.1 Å². The number of rotatable bonds is 13. The molecular weight excluding hydrogens is 550 g/mol. The van der Waals surface area contributed by atoms with Crippen molar-refractivity contribution in [1.82, 2.24) is 10.2 Å². The van der Waals surface area contributed by atoms with Crippen LogP contribution >= 0.6 is 11.6 Å². The molecular formula is C30H36ClN3O5S. The van der Waals surface area contributed by atoms with Gasteiger partial charge in [0.1, 0.15) is 18.3 Å². The normalized spacial score (nSPS) is 12.7. The number of anilines is 1. The number of carbonyl (C=O) groups excluding carboxylic acids is 2. The maximum Gasteiger partial charge on any atom is 0.264 e. The topological polar surface area (TPSA) is 96.0 Å². The Bertz CT molecular complexity index is 1390. The minimum Gasteiger partial charge on any atom is -0.495 e. The molecule has 0 aliphatic rings. The van der Waals surface area contributed by atoms with Gasteiger partial charge in [0.05, 0.1) is 22.7 Å². The second kappa shape index (κ2) is 14.2. The molecule has 0 radical (unpaired) electrons. The Morgan fingerprint density at radius 3 is 2.12 bits per heavy atom. The fourth-order valence-corrected chi connectivity index (χ4v) is 5.88. The molecule has 1 N–H and O–H groups in total. The van der Waals surface area contributed by atoms with Gasteiger partial charge in [0.15, 0.2) is 0 Å². The Hall–Kier alpha value is -3.56. The molecule has 0 fully saturated rings. The highest BCUT2D eigenvalue weighted by Gasteiger charge is 2.34. The number of carbonyl (C=O) groups is 2. The average molecular weight is 586 g/mol. The summed E-state index contributed by atoms with van der Waals surface area (Å²) in [4.78, 5) is 28.8. The lowest BCUT2D eigenvalue weighted by atomic mass is 10.1. The van der Waals surface area contributed by atoms with Gasteiger partial charge >= 0.3 is 0 Å². The number of benzene rings is 3. The number of sulfonamides is 1. The first-order chi connectivity index (χ1) is 19.1. The zero-order valence-electron chi connectivity index (χ0n) is 23.2. The quantitative estimate of drug-likeness (QED) is 0.295. The molecule has 3 aromatic carbocycles. The van der Waals surface area contributed by atoms with E-state index in [0.717, 1.165) is 16.3 Å². The lowest BCUT2D eigenvalue weighted by Crippen LogP contribution is -2.53. The first-order valence-electron chi connectivity index (χ1n) is 13.2. The van der Waals surface area contributed by atoms with Crippen LogP contribution in [-0.4, -0.2) is 50.9 Å². The van der Waals surface area contributed by atoms with Crippen molar-refractivity contribution in [1.29, 1.82) is 0 Å². The van der Waals surface area contributed by atoms with E-state index in [1.54, 1.807) is 24.3 Å². The average Bonchev–Trinajstić information content (AvgIpc) is 2.96. The van der Waals surface area contributed by atoms with Crippen molar-refractivity contribution in [3.63, 3.8) is 0 Å². The Labute approximate surface area is 241 Å². The third kappa shape index (κ3) is 7.55. The van der Waals surface area contributed by atoms with E-state index >= 15 is 0 Å². The predicted octanol–water partition coefficient (Wildman–Crippen LogP) is 5.27. The maximum absolute atomic E-state index is 14.1. The molecule has 0 aromatic heterocycles. The molecule has 2 atom stereocenters. The summed E-state index contributed by atoms with van der Waals surface area (Å²) in [5.74, 6) is -0.445. The first kappa shape index (κ1) is 31.0. The van der Waals surface area contributed by atoms with Crippen molar-refractivity contribution in [3.8, 4) is 5.75 Å². The second-order valence-electron chi connectivity index (χ2n) is 9.39. The molecule has 10 heteroatoms. The Kier molecular flexibility index (Phi) is 11.0. The molecule has 0 saturated heterocycles. The molecule has 0 heterocycles. The van der Waals surface area contributed by atoms with Crippen LogP contribution in [0, 0.1) is 0 Å². The lowest BCUT2D eigenvalue weighted by Gasteiger charge is -2.33. The van der Waals surface area contributed by atoms with Crippen LogP contribution in [0.5, 0.6) is 5.75 Å². The van der Waals surface area contributed by atoms with Gasteiger partial charge in [0.2, 0.25) is 11.8 Å². The van der Waals surface area contributed by atoms with Gasteiger partial charge in [-0.1, -0.05) is 74.0 Å². The van der Waals surface area contributed by atoms with Crippen LogP contribution < -0.4 is 14.4 Å². The maximum atomic E-state index is 14.1. The molecule has 0 unspecified atom stereocenters. The summed E-state index contributed by atoms with van der Waals surface area (Å²) >= 11 is 6.36. The van der Waals surface area contributed by atoms with E-state index < -0.39 is 28.5 Å². The number of hydrogen-bond donors (Lipinski definition) is 1. The minimum absolute atomic E-state index is 0.0194. The van der Waals surface area contributed by atoms with Crippen molar-refractivity contribution in [2.45, 2.75) is 57.1 Å². The molecule has 214 valence electrons. The van der Waals surface area contributed by atoms with E-state index in [9.17, 15) is 18.0 Å². The van der Waals surface area contributed by atoms with E-state index in [1.807, 2.05) is 51.1 Å². The second-order valence-corrected chi connectivity index (χ2v) is 11.7. The van der Waals surface area contributed by atoms with E-state index in [2.05, 4.69) is 5.32 Å². The molecule has 8 nitrogen and oxygen atoms in total. The molecule has 0 bridgehead atoms. The zero-order chi connectivity index (χ0) is 29.3. The van der Waals surface area contributed by atoms with Gasteiger partial charge in [-0.3, -0.25) is 13.9 Å². The van der Waals surface area contributed by atoms with Gasteiger partial charge < -0.3 is 15.0 Å². The molecule has 0 aliphatic carbocycles. The van der Waals surface area contributed by atoms with Gasteiger partial charge in [0, 0.05) is 12.6 Å². The molecule has 0 spiro atoms. The highest BCUT2D eigenvalue weighted by atomic mass is 35.5. The third-order valence-electron chi connectivity index (χ3n) is 6.62. The summed E-state index contributed by atoms with van der Waals surface area (Å²) < 4.78 is 34.0. The number of amides is 2. The van der Waals surface area contributed by atoms with E-state index in [4.69, 9.17) is 16.3 Å². The fraction of sp³-hybridized carbons (Fsp3) is 0.333. The number of nitrogens with zero attached hydrogens (tertiary/aromatic N) is 2. The number of halogens is 1.